The number of halogens is 4. The molecular weight excluding hydrogens is 410 g/mol. The average Bonchev–Trinajstić information content (AvgIpc) is 2.78. The Morgan fingerprint density at radius 3 is 2.12 bits per heavy atom. The summed E-state index contributed by atoms with van der Waals surface area (Å²) in [6.07, 6.45) is 2.06. The summed E-state index contributed by atoms with van der Waals surface area (Å²) in [5.41, 5.74) is -0.234. The molecule has 0 bridgehead atoms. The third-order valence-corrected chi connectivity index (χ3v) is 5.17. The van der Waals surface area contributed by atoms with Crippen molar-refractivity contribution in [2.45, 2.75) is 35.0 Å². The van der Waals surface area contributed by atoms with Crippen LogP contribution < -0.4 is 5.32 Å². The van der Waals surface area contributed by atoms with Crippen molar-refractivity contribution in [1.82, 2.24) is 10.2 Å². The molecule has 5 nitrogen and oxygen atoms in total. The maximum Gasteiger partial charge on any atom is 0.261 e. The maximum atomic E-state index is 12.2. The lowest BCUT2D eigenvalue weighted by Crippen LogP contribution is -2.39. The van der Waals surface area contributed by atoms with Crippen LogP contribution in [0.1, 0.15) is 46.4 Å². The second kappa shape index (κ2) is 8.58. The molecule has 0 aromatic heterocycles. The van der Waals surface area contributed by atoms with Gasteiger partial charge < -0.3 is 5.32 Å². The van der Waals surface area contributed by atoms with Crippen LogP contribution in [0.3, 0.4) is 0 Å². The van der Waals surface area contributed by atoms with E-state index in [9.17, 15) is 14.4 Å². The molecule has 1 heterocycles. The Morgan fingerprint density at radius 2 is 1.60 bits per heavy atom. The molecule has 3 amide bonds. The summed E-state index contributed by atoms with van der Waals surface area (Å²) in [5, 5.41) is 2.39. The Labute approximate surface area is 165 Å². The summed E-state index contributed by atoms with van der Waals surface area (Å²) in [4.78, 5) is 37.3. The van der Waals surface area contributed by atoms with Crippen LogP contribution in [-0.2, 0) is 4.79 Å². The van der Waals surface area contributed by atoms with Gasteiger partial charge in [-0.25, -0.2) is 0 Å². The second-order valence-corrected chi connectivity index (χ2v) is 8.40. The molecule has 136 valence electrons. The van der Waals surface area contributed by atoms with Crippen LogP contribution in [0.2, 0.25) is 0 Å². The molecular formula is C16H16Cl4N2O3. The van der Waals surface area contributed by atoms with Crippen LogP contribution in [0, 0.1) is 0 Å². The number of carbonyl (C=O) groups excluding carboxylic acids is 3. The van der Waals surface area contributed by atoms with Crippen molar-refractivity contribution in [3.8, 4) is 0 Å². The average molecular weight is 426 g/mol. The van der Waals surface area contributed by atoms with E-state index in [0.29, 0.717) is 36.9 Å². The molecule has 1 aromatic rings. The van der Waals surface area contributed by atoms with Crippen molar-refractivity contribution in [1.29, 1.82) is 0 Å². The molecule has 0 radical (unpaired) electrons. The Morgan fingerprint density at radius 1 is 1.04 bits per heavy atom. The molecule has 9 heteroatoms. The van der Waals surface area contributed by atoms with Crippen molar-refractivity contribution < 1.29 is 14.4 Å². The first-order valence-electron chi connectivity index (χ1n) is 7.67. The lowest BCUT2D eigenvalue weighted by atomic mass is 10.1. The molecule has 1 unspecified atom stereocenters. The highest BCUT2D eigenvalue weighted by Crippen LogP contribution is 2.32. The van der Waals surface area contributed by atoms with Gasteiger partial charge in [-0.3, -0.25) is 19.3 Å². The molecule has 0 saturated heterocycles. The first-order valence-corrected chi connectivity index (χ1v) is 9.24. The van der Waals surface area contributed by atoms with Crippen molar-refractivity contribution in [2.75, 3.05) is 6.54 Å². The number of nitrogens with zero attached hydrogens (tertiary/aromatic N) is 1. The SMILES string of the molecule is O=C(CCCCCN1C(=O)c2ccccc2C1=O)NC(Cl)C(Cl)(Cl)Cl. The zero-order chi connectivity index (χ0) is 18.6. The van der Waals surface area contributed by atoms with Gasteiger partial charge in [0.2, 0.25) is 9.70 Å². The zero-order valence-electron chi connectivity index (χ0n) is 13.1. The van der Waals surface area contributed by atoms with Gasteiger partial charge in [0.25, 0.3) is 11.8 Å². The van der Waals surface area contributed by atoms with Crippen molar-refractivity contribution >= 4 is 64.1 Å². The van der Waals surface area contributed by atoms with E-state index in [-0.39, 0.29) is 24.1 Å². The molecule has 25 heavy (non-hydrogen) atoms. The number of nitrogens with one attached hydrogen (secondary N) is 1. The molecule has 0 saturated carbocycles. The highest BCUT2D eigenvalue weighted by Gasteiger charge is 2.34. The minimum Gasteiger partial charge on any atom is -0.336 e. The standard InChI is InChI=1S/C16H16Cl4N2O3/c17-15(16(18,19)20)21-12(23)8-2-1-5-9-22-13(24)10-6-3-4-7-11(10)14(22)25/h3-4,6-7,15H,1-2,5,8-9H2,(H,21,23). The number of rotatable bonds is 7. The smallest absolute Gasteiger partial charge is 0.261 e. The fourth-order valence-corrected chi connectivity index (χ4v) is 2.76. The molecule has 1 aliphatic rings. The van der Waals surface area contributed by atoms with Crippen molar-refractivity contribution in [3.63, 3.8) is 0 Å². The van der Waals surface area contributed by atoms with Gasteiger partial charge in [0.1, 0.15) is 0 Å². The summed E-state index contributed by atoms with van der Waals surface area (Å²) in [6.45, 7) is 0.320. The van der Waals surface area contributed by atoms with Gasteiger partial charge in [-0.2, -0.15) is 0 Å². The highest BCUT2D eigenvalue weighted by molar-refractivity contribution is 6.70. The number of benzene rings is 1. The maximum absolute atomic E-state index is 12.2. The Balaban J connectivity index is 1.70. The monoisotopic (exact) mass is 424 g/mol. The molecule has 2 rings (SSSR count). The summed E-state index contributed by atoms with van der Waals surface area (Å²) >= 11 is 22.4. The molecule has 1 aromatic carbocycles. The third-order valence-electron chi connectivity index (χ3n) is 3.74. The topological polar surface area (TPSA) is 66.5 Å². The number of alkyl halides is 4. The van der Waals surface area contributed by atoms with E-state index in [1.807, 2.05) is 0 Å². The first kappa shape index (κ1) is 20.3. The summed E-state index contributed by atoms with van der Waals surface area (Å²) < 4.78 is -1.78. The summed E-state index contributed by atoms with van der Waals surface area (Å²) in [6, 6.07) is 6.75. The molecule has 1 aliphatic heterocycles. The zero-order valence-corrected chi connectivity index (χ0v) is 16.1. The van der Waals surface area contributed by atoms with Gasteiger partial charge in [0.05, 0.1) is 11.1 Å². The van der Waals surface area contributed by atoms with Gasteiger partial charge >= 0.3 is 0 Å². The lowest BCUT2D eigenvalue weighted by Gasteiger charge is -2.19. The number of hydrogen-bond acceptors (Lipinski definition) is 3. The number of fused-ring (bicyclic) bond motifs is 1. The van der Waals surface area contributed by atoms with Crippen molar-refractivity contribution in [3.05, 3.63) is 35.4 Å². The van der Waals surface area contributed by atoms with Crippen LogP contribution in [0.15, 0.2) is 24.3 Å². The van der Waals surface area contributed by atoms with Crippen LogP contribution in [-0.4, -0.2) is 38.5 Å². The van der Waals surface area contributed by atoms with Crippen LogP contribution in [0.5, 0.6) is 0 Å². The second-order valence-electron chi connectivity index (χ2n) is 5.59. The van der Waals surface area contributed by atoms with E-state index in [2.05, 4.69) is 5.32 Å². The van der Waals surface area contributed by atoms with E-state index in [1.54, 1.807) is 24.3 Å². The fourth-order valence-electron chi connectivity index (χ4n) is 2.47. The number of carbonyl (C=O) groups is 3. The van der Waals surface area contributed by atoms with E-state index >= 15 is 0 Å². The van der Waals surface area contributed by atoms with Gasteiger partial charge in [0.15, 0.2) is 5.50 Å². The summed E-state index contributed by atoms with van der Waals surface area (Å²) in [7, 11) is 0. The number of imide groups is 1. The third kappa shape index (κ3) is 5.23. The number of hydrogen-bond donors (Lipinski definition) is 1. The lowest BCUT2D eigenvalue weighted by molar-refractivity contribution is -0.121. The fraction of sp³-hybridized carbons (Fsp3) is 0.438. The normalized spacial score (nSPS) is 15.3. The molecule has 0 aliphatic carbocycles. The Bertz CT molecular complexity index is 641. The minimum atomic E-state index is -1.78. The molecule has 0 fully saturated rings. The largest absolute Gasteiger partial charge is 0.336 e. The number of unbranched alkanes of at least 4 members (excludes halogenated alkanes) is 2. The van der Waals surface area contributed by atoms with E-state index < -0.39 is 9.29 Å². The summed E-state index contributed by atoms with van der Waals surface area (Å²) in [5.74, 6) is -0.871. The van der Waals surface area contributed by atoms with E-state index in [0.717, 1.165) is 0 Å². The van der Waals surface area contributed by atoms with Gasteiger partial charge in [-0.15, -0.1) is 0 Å². The number of amides is 3. The Hall–Kier alpha value is -1.01. The first-order chi connectivity index (χ1) is 11.7. The van der Waals surface area contributed by atoms with Crippen LogP contribution in [0.25, 0.3) is 0 Å². The molecule has 1 N–H and O–H groups in total. The Kier molecular flexibility index (Phi) is 6.97. The predicted molar refractivity (Wildman–Crippen MR) is 98.4 cm³/mol. The highest BCUT2D eigenvalue weighted by atomic mass is 35.6. The van der Waals surface area contributed by atoms with Crippen LogP contribution >= 0.6 is 46.4 Å². The van der Waals surface area contributed by atoms with Gasteiger partial charge in [-0.05, 0) is 25.0 Å². The van der Waals surface area contributed by atoms with Crippen molar-refractivity contribution in [2.24, 2.45) is 0 Å². The van der Waals surface area contributed by atoms with E-state index in [1.165, 1.54) is 4.90 Å². The van der Waals surface area contributed by atoms with E-state index in [4.69, 9.17) is 46.4 Å². The molecule has 1 atom stereocenters. The van der Waals surface area contributed by atoms with Crippen LogP contribution in [0.4, 0.5) is 0 Å². The minimum absolute atomic E-state index is 0.214. The van der Waals surface area contributed by atoms with Gasteiger partial charge in [-0.1, -0.05) is 65.0 Å². The quantitative estimate of drug-likeness (QED) is 0.312. The van der Waals surface area contributed by atoms with Gasteiger partial charge in [0, 0.05) is 13.0 Å². The predicted octanol–water partition coefficient (Wildman–Crippen LogP) is 3.89. The molecule has 0 spiro atoms.